The topological polar surface area (TPSA) is 86.8 Å². The average molecular weight is 564 g/mol. The minimum atomic E-state index is -3.82. The highest BCUT2D eigenvalue weighted by Gasteiger charge is 2.34. The molecule has 0 saturated carbocycles. The molecule has 2 amide bonds. The number of anilines is 1. The first kappa shape index (κ1) is 30.9. The van der Waals surface area contributed by atoms with E-state index in [1.165, 1.54) is 4.90 Å². The zero-order valence-corrected chi connectivity index (χ0v) is 24.9. The molecule has 0 spiro atoms. The SMILES string of the molecule is CC[C@@H](C)NC(=O)[C@H](Cc1ccccc1)N(Cc1ccccc1)C(=O)CN(c1ccccc1C(C)C)S(C)(=O)=O. The van der Waals surface area contributed by atoms with Gasteiger partial charge >= 0.3 is 0 Å². The summed E-state index contributed by atoms with van der Waals surface area (Å²) in [5.74, 6) is -0.674. The molecule has 3 aromatic carbocycles. The highest BCUT2D eigenvalue weighted by molar-refractivity contribution is 7.92. The molecule has 0 unspecified atom stereocenters. The number of para-hydroxylation sites is 1. The summed E-state index contributed by atoms with van der Waals surface area (Å²) < 4.78 is 27.3. The lowest BCUT2D eigenvalue weighted by Crippen LogP contribution is -2.54. The second-order valence-electron chi connectivity index (χ2n) is 10.5. The molecule has 214 valence electrons. The molecule has 0 radical (unpaired) electrons. The minimum absolute atomic E-state index is 0.0445. The fourth-order valence-electron chi connectivity index (χ4n) is 4.57. The van der Waals surface area contributed by atoms with Crippen LogP contribution in [0.4, 0.5) is 5.69 Å². The van der Waals surface area contributed by atoms with Crippen molar-refractivity contribution in [2.45, 2.75) is 65.1 Å². The summed E-state index contributed by atoms with van der Waals surface area (Å²) in [5.41, 5.74) is 3.05. The van der Waals surface area contributed by atoms with Crippen molar-refractivity contribution in [3.63, 3.8) is 0 Å². The summed E-state index contributed by atoms with van der Waals surface area (Å²) in [4.78, 5) is 29.4. The molecule has 3 aromatic rings. The number of benzene rings is 3. The van der Waals surface area contributed by atoms with Crippen LogP contribution in [0.1, 0.15) is 56.7 Å². The molecule has 0 heterocycles. The Morgan fingerprint density at radius 1 is 0.825 bits per heavy atom. The Kier molecular flexibility index (Phi) is 10.9. The van der Waals surface area contributed by atoms with E-state index in [0.717, 1.165) is 33.7 Å². The summed E-state index contributed by atoms with van der Waals surface area (Å²) in [6, 6.07) is 25.3. The fraction of sp³-hybridized carbons (Fsp3) is 0.375. The molecule has 0 aromatic heterocycles. The van der Waals surface area contributed by atoms with Gasteiger partial charge in [0.15, 0.2) is 0 Å². The van der Waals surface area contributed by atoms with Gasteiger partial charge in [0.1, 0.15) is 12.6 Å². The van der Waals surface area contributed by atoms with Crippen LogP contribution in [0.15, 0.2) is 84.9 Å². The van der Waals surface area contributed by atoms with E-state index < -0.39 is 28.5 Å². The molecule has 1 N–H and O–H groups in total. The third-order valence-corrected chi connectivity index (χ3v) is 8.10. The van der Waals surface area contributed by atoms with Crippen LogP contribution in [0.2, 0.25) is 0 Å². The van der Waals surface area contributed by atoms with E-state index >= 15 is 0 Å². The van der Waals surface area contributed by atoms with E-state index in [-0.39, 0.29) is 24.4 Å². The number of nitrogens with zero attached hydrogens (tertiary/aromatic N) is 2. The minimum Gasteiger partial charge on any atom is -0.352 e. The fourth-order valence-corrected chi connectivity index (χ4v) is 5.44. The summed E-state index contributed by atoms with van der Waals surface area (Å²) in [6.07, 6.45) is 2.14. The van der Waals surface area contributed by atoms with Gasteiger partial charge in [0.25, 0.3) is 0 Å². The zero-order chi connectivity index (χ0) is 29.3. The molecule has 0 fully saturated rings. The molecular formula is C32H41N3O4S. The molecule has 7 nitrogen and oxygen atoms in total. The van der Waals surface area contributed by atoms with Crippen molar-refractivity contribution in [1.29, 1.82) is 0 Å². The van der Waals surface area contributed by atoms with Crippen molar-refractivity contribution >= 4 is 27.5 Å². The first-order valence-corrected chi connectivity index (χ1v) is 15.6. The standard InChI is InChI=1S/C32H41N3O4S/c1-6-25(4)33-32(37)30(21-26-15-9-7-10-16-26)34(22-27-17-11-8-12-18-27)31(36)23-35(40(5,38)39)29-20-14-13-19-28(29)24(2)3/h7-20,24-25,30H,6,21-23H2,1-5H3,(H,33,37)/t25-,30+/m1/s1. The van der Waals surface area contributed by atoms with Crippen LogP contribution >= 0.6 is 0 Å². The zero-order valence-electron chi connectivity index (χ0n) is 24.1. The molecule has 40 heavy (non-hydrogen) atoms. The maximum absolute atomic E-state index is 14.2. The Labute approximate surface area is 239 Å². The third-order valence-electron chi connectivity index (χ3n) is 6.97. The third kappa shape index (κ3) is 8.42. The van der Waals surface area contributed by atoms with E-state index in [0.29, 0.717) is 12.1 Å². The van der Waals surface area contributed by atoms with E-state index in [9.17, 15) is 18.0 Å². The summed E-state index contributed by atoms with van der Waals surface area (Å²) in [5, 5.41) is 3.05. The van der Waals surface area contributed by atoms with Crippen molar-refractivity contribution < 1.29 is 18.0 Å². The van der Waals surface area contributed by atoms with Gasteiger partial charge in [-0.3, -0.25) is 13.9 Å². The van der Waals surface area contributed by atoms with Crippen LogP contribution < -0.4 is 9.62 Å². The molecule has 0 saturated heterocycles. The van der Waals surface area contributed by atoms with Crippen molar-refractivity contribution in [2.24, 2.45) is 0 Å². The monoisotopic (exact) mass is 563 g/mol. The van der Waals surface area contributed by atoms with Crippen LogP contribution in [-0.2, 0) is 32.6 Å². The van der Waals surface area contributed by atoms with Crippen LogP contribution in [0.25, 0.3) is 0 Å². The van der Waals surface area contributed by atoms with E-state index in [1.54, 1.807) is 12.1 Å². The quantitative estimate of drug-likeness (QED) is 0.312. The van der Waals surface area contributed by atoms with Crippen molar-refractivity contribution in [1.82, 2.24) is 10.2 Å². The largest absolute Gasteiger partial charge is 0.352 e. The molecular weight excluding hydrogens is 522 g/mol. The molecule has 0 aliphatic heterocycles. The van der Waals surface area contributed by atoms with Gasteiger partial charge in [-0.05, 0) is 42.0 Å². The lowest BCUT2D eigenvalue weighted by atomic mass is 10.0. The Hall–Kier alpha value is -3.65. The Morgan fingerprint density at radius 2 is 1.38 bits per heavy atom. The maximum Gasteiger partial charge on any atom is 0.244 e. The molecule has 3 rings (SSSR count). The predicted molar refractivity (Wildman–Crippen MR) is 162 cm³/mol. The smallest absolute Gasteiger partial charge is 0.244 e. The lowest BCUT2D eigenvalue weighted by Gasteiger charge is -2.34. The number of hydrogen-bond donors (Lipinski definition) is 1. The molecule has 2 atom stereocenters. The highest BCUT2D eigenvalue weighted by Crippen LogP contribution is 2.29. The van der Waals surface area contributed by atoms with Gasteiger partial charge < -0.3 is 10.2 Å². The summed E-state index contributed by atoms with van der Waals surface area (Å²) in [7, 11) is -3.82. The van der Waals surface area contributed by atoms with Gasteiger partial charge in [-0.25, -0.2) is 8.42 Å². The van der Waals surface area contributed by atoms with Crippen LogP contribution in [0.3, 0.4) is 0 Å². The van der Waals surface area contributed by atoms with Crippen LogP contribution in [0.5, 0.6) is 0 Å². The van der Waals surface area contributed by atoms with Crippen molar-refractivity contribution in [3.05, 3.63) is 102 Å². The number of sulfonamides is 1. The lowest BCUT2D eigenvalue weighted by molar-refractivity contribution is -0.140. The van der Waals surface area contributed by atoms with E-state index in [4.69, 9.17) is 0 Å². The Morgan fingerprint density at radius 3 is 1.93 bits per heavy atom. The van der Waals surface area contributed by atoms with Gasteiger partial charge in [-0.1, -0.05) is 99.6 Å². The van der Waals surface area contributed by atoms with Gasteiger partial charge in [0, 0.05) is 19.0 Å². The number of carbonyl (C=O) groups excluding carboxylic acids is 2. The normalized spacial score (nSPS) is 12.9. The Bertz CT molecular complexity index is 1360. The van der Waals surface area contributed by atoms with E-state index in [1.807, 2.05) is 100 Å². The average Bonchev–Trinajstić information content (AvgIpc) is 2.93. The van der Waals surface area contributed by atoms with Gasteiger partial charge in [0.2, 0.25) is 21.8 Å². The van der Waals surface area contributed by atoms with Crippen molar-refractivity contribution in [2.75, 3.05) is 17.1 Å². The second kappa shape index (κ2) is 14.1. The second-order valence-corrected chi connectivity index (χ2v) is 12.4. The first-order chi connectivity index (χ1) is 19.0. The van der Waals surface area contributed by atoms with E-state index in [2.05, 4.69) is 5.32 Å². The number of carbonyl (C=O) groups is 2. The number of amides is 2. The highest BCUT2D eigenvalue weighted by atomic mass is 32.2. The summed E-state index contributed by atoms with van der Waals surface area (Å²) in [6.45, 7) is 7.62. The first-order valence-electron chi connectivity index (χ1n) is 13.8. The maximum atomic E-state index is 14.2. The number of rotatable bonds is 13. The van der Waals surface area contributed by atoms with Crippen LogP contribution in [0, 0.1) is 0 Å². The predicted octanol–water partition coefficient (Wildman–Crippen LogP) is 5.13. The summed E-state index contributed by atoms with van der Waals surface area (Å²) >= 11 is 0. The molecule has 0 aliphatic carbocycles. The molecule has 0 aliphatic rings. The number of nitrogens with one attached hydrogen (secondary N) is 1. The molecule has 8 heteroatoms. The number of hydrogen-bond acceptors (Lipinski definition) is 4. The van der Waals surface area contributed by atoms with Gasteiger partial charge in [0.05, 0.1) is 11.9 Å². The molecule has 0 bridgehead atoms. The van der Waals surface area contributed by atoms with Gasteiger partial charge in [-0.2, -0.15) is 0 Å². The van der Waals surface area contributed by atoms with Crippen LogP contribution in [-0.4, -0.2) is 50.0 Å². The van der Waals surface area contributed by atoms with Crippen molar-refractivity contribution in [3.8, 4) is 0 Å². The van der Waals surface area contributed by atoms with Gasteiger partial charge in [-0.15, -0.1) is 0 Å². The Balaban J connectivity index is 2.08.